The number of aromatic nitrogens is 2. The first-order valence-corrected chi connectivity index (χ1v) is 15.0. The van der Waals surface area contributed by atoms with E-state index in [1.807, 2.05) is 6.92 Å². The third-order valence-electron chi connectivity index (χ3n) is 7.79. The zero-order valence-corrected chi connectivity index (χ0v) is 25.3. The molecule has 10 N–H and O–H groups in total. The Bertz CT molecular complexity index is 1130. The fourth-order valence-electron chi connectivity index (χ4n) is 4.97. The fourth-order valence-corrected chi connectivity index (χ4v) is 4.97. The molecule has 0 aliphatic carbocycles. The molecule has 0 spiro atoms. The molecule has 0 bridgehead atoms. The molecule has 4 amide bonds. The number of unbranched alkanes of at least 4 members (excludes halogenated alkanes) is 1. The van der Waals surface area contributed by atoms with Crippen molar-refractivity contribution in [2.75, 3.05) is 13.1 Å². The lowest BCUT2D eigenvalue weighted by atomic mass is 9.96. The number of carboxylic acid groups (broad SMARTS) is 2. The van der Waals surface area contributed by atoms with Crippen molar-refractivity contribution in [1.29, 1.82) is 0 Å². The summed E-state index contributed by atoms with van der Waals surface area (Å²) in [4.78, 5) is 84.1. The van der Waals surface area contributed by atoms with Crippen LogP contribution >= 0.6 is 0 Å². The van der Waals surface area contributed by atoms with Crippen LogP contribution in [0.4, 0.5) is 0 Å². The van der Waals surface area contributed by atoms with Gasteiger partial charge < -0.3 is 47.5 Å². The van der Waals surface area contributed by atoms with Gasteiger partial charge in [0.15, 0.2) is 0 Å². The number of aromatic amines is 1. The molecule has 2 rings (SSSR count). The van der Waals surface area contributed by atoms with Gasteiger partial charge in [0.05, 0.1) is 12.4 Å². The minimum Gasteiger partial charge on any atom is -0.481 e. The highest BCUT2D eigenvalue weighted by molar-refractivity contribution is 5.95. The van der Waals surface area contributed by atoms with Crippen molar-refractivity contribution in [2.24, 2.45) is 17.4 Å². The zero-order chi connectivity index (χ0) is 32.8. The van der Waals surface area contributed by atoms with Gasteiger partial charge in [-0.05, 0) is 51.0 Å². The van der Waals surface area contributed by atoms with Crippen molar-refractivity contribution in [3.63, 3.8) is 0 Å². The third kappa shape index (κ3) is 10.9. The van der Waals surface area contributed by atoms with Gasteiger partial charge in [-0.25, -0.2) is 9.78 Å². The number of nitrogens with two attached hydrogens (primary N) is 2. The summed E-state index contributed by atoms with van der Waals surface area (Å²) in [5, 5.41) is 26.5. The number of carboxylic acids is 2. The first-order chi connectivity index (χ1) is 20.9. The Labute approximate surface area is 256 Å². The van der Waals surface area contributed by atoms with E-state index in [0.717, 1.165) is 0 Å². The zero-order valence-electron chi connectivity index (χ0n) is 25.3. The summed E-state index contributed by atoms with van der Waals surface area (Å²) in [5.41, 5.74) is 12.0. The first-order valence-electron chi connectivity index (χ1n) is 15.0. The highest BCUT2D eigenvalue weighted by Crippen LogP contribution is 2.20. The maximum Gasteiger partial charge on any atom is 0.326 e. The molecule has 6 atom stereocenters. The molecule has 1 saturated heterocycles. The summed E-state index contributed by atoms with van der Waals surface area (Å²) in [6.45, 7) is 4.15. The second-order valence-corrected chi connectivity index (χ2v) is 11.1. The lowest BCUT2D eigenvalue weighted by Crippen LogP contribution is -2.59. The van der Waals surface area contributed by atoms with E-state index < -0.39 is 65.8 Å². The van der Waals surface area contributed by atoms with E-state index in [1.165, 1.54) is 17.4 Å². The fraction of sp³-hybridized carbons (Fsp3) is 0.679. The van der Waals surface area contributed by atoms with Gasteiger partial charge in [0.2, 0.25) is 23.6 Å². The topological polar surface area (TPSA) is 263 Å². The highest BCUT2D eigenvalue weighted by Gasteiger charge is 2.39. The van der Waals surface area contributed by atoms with Gasteiger partial charge in [0.25, 0.3) is 0 Å². The van der Waals surface area contributed by atoms with Gasteiger partial charge in [-0.1, -0.05) is 20.3 Å². The van der Waals surface area contributed by atoms with Crippen LogP contribution in [0.1, 0.15) is 70.9 Å². The van der Waals surface area contributed by atoms with Crippen molar-refractivity contribution < 1.29 is 39.0 Å². The Morgan fingerprint density at radius 2 is 1.75 bits per heavy atom. The standard InChI is InChI=1S/C28H46N8O8/c1-3-16(2)23(35-24(39)18(30)9-10-22(37)38)26(41)33-19(7-4-5-11-29)25(40)34-20(13-17-14-31-15-32-17)27(42)36-12-6-8-21(36)28(43)44/h14-16,18-21,23H,3-13,29-30H2,1-2H3,(H,31,32)(H,33,41)(H,34,40)(H,35,39)(H,37,38)(H,43,44)/t16-,18-,19-,20-,21-,23-/m0/s1. The van der Waals surface area contributed by atoms with Gasteiger partial charge >= 0.3 is 11.9 Å². The summed E-state index contributed by atoms with van der Waals surface area (Å²) in [5.74, 6) is -5.17. The second kappa shape index (κ2) is 17.9. The quantitative estimate of drug-likeness (QED) is 0.0854. The minimum absolute atomic E-state index is 0.0106. The average Bonchev–Trinajstić information content (AvgIpc) is 3.69. The molecular weight excluding hydrogens is 576 g/mol. The number of nitrogens with one attached hydrogen (secondary N) is 4. The number of hydrogen-bond donors (Lipinski definition) is 8. The molecule has 246 valence electrons. The van der Waals surface area contributed by atoms with E-state index in [0.29, 0.717) is 44.3 Å². The molecule has 1 fully saturated rings. The molecule has 0 saturated carbocycles. The van der Waals surface area contributed by atoms with Crippen molar-refractivity contribution >= 4 is 35.6 Å². The van der Waals surface area contributed by atoms with Crippen molar-refractivity contribution in [3.05, 3.63) is 18.2 Å². The number of nitrogens with zero attached hydrogens (tertiary/aromatic N) is 2. The van der Waals surface area contributed by atoms with Crippen molar-refractivity contribution in [1.82, 2.24) is 30.8 Å². The number of carbonyl (C=O) groups excluding carboxylic acids is 4. The number of carbonyl (C=O) groups is 6. The molecule has 2 heterocycles. The molecule has 1 aromatic heterocycles. The average molecular weight is 623 g/mol. The predicted molar refractivity (Wildman–Crippen MR) is 158 cm³/mol. The van der Waals surface area contributed by atoms with E-state index in [2.05, 4.69) is 25.9 Å². The Morgan fingerprint density at radius 1 is 1.05 bits per heavy atom. The molecule has 1 aromatic rings. The lowest BCUT2D eigenvalue weighted by Gasteiger charge is -2.30. The number of imidazole rings is 1. The van der Waals surface area contributed by atoms with Crippen molar-refractivity contribution in [3.8, 4) is 0 Å². The van der Waals surface area contributed by atoms with Gasteiger partial charge in [-0.15, -0.1) is 0 Å². The van der Waals surface area contributed by atoms with E-state index in [-0.39, 0.29) is 38.1 Å². The number of likely N-dealkylation sites (tertiary alicyclic amines) is 1. The van der Waals surface area contributed by atoms with Crippen molar-refractivity contribution in [2.45, 2.75) is 102 Å². The van der Waals surface area contributed by atoms with Gasteiger partial charge in [0.1, 0.15) is 24.2 Å². The SMILES string of the molecule is CC[C@H](C)[C@H](NC(=O)[C@@H](N)CCC(=O)O)C(=O)N[C@@H](CCCCN)C(=O)N[C@@H](Cc1cnc[nH]1)C(=O)N1CCC[C@H]1C(=O)O. The normalized spacial score (nSPS) is 18.0. The maximum absolute atomic E-state index is 13.7. The minimum atomic E-state index is -1.15. The second-order valence-electron chi connectivity index (χ2n) is 11.1. The maximum atomic E-state index is 13.7. The number of aliphatic carboxylic acids is 2. The van der Waals surface area contributed by atoms with E-state index >= 15 is 0 Å². The van der Waals surface area contributed by atoms with Crippen LogP contribution in [0.25, 0.3) is 0 Å². The summed E-state index contributed by atoms with van der Waals surface area (Å²) in [6, 6.07) is -5.48. The molecule has 0 aromatic carbocycles. The Hall–Kier alpha value is -4.05. The largest absolute Gasteiger partial charge is 0.481 e. The number of H-pyrrole nitrogens is 1. The summed E-state index contributed by atoms with van der Waals surface area (Å²) >= 11 is 0. The molecular formula is C28H46N8O8. The lowest BCUT2D eigenvalue weighted by molar-refractivity contribution is -0.149. The van der Waals surface area contributed by atoms with Crippen LogP contribution in [0.5, 0.6) is 0 Å². The number of amides is 4. The summed E-state index contributed by atoms with van der Waals surface area (Å²) in [7, 11) is 0. The van der Waals surface area contributed by atoms with Crippen LogP contribution in [0.15, 0.2) is 12.5 Å². The Kier molecular flexibility index (Phi) is 14.7. The van der Waals surface area contributed by atoms with E-state index in [1.54, 1.807) is 6.92 Å². The summed E-state index contributed by atoms with van der Waals surface area (Å²) < 4.78 is 0. The smallest absolute Gasteiger partial charge is 0.326 e. The van der Waals surface area contributed by atoms with Crippen LogP contribution in [0, 0.1) is 5.92 Å². The van der Waals surface area contributed by atoms with Crippen LogP contribution in [-0.2, 0) is 35.2 Å². The number of hydrogen-bond acceptors (Lipinski definition) is 9. The monoisotopic (exact) mass is 622 g/mol. The molecule has 16 nitrogen and oxygen atoms in total. The van der Waals surface area contributed by atoms with Crippen LogP contribution in [-0.4, -0.2) is 104 Å². The Morgan fingerprint density at radius 3 is 2.34 bits per heavy atom. The van der Waals surface area contributed by atoms with Crippen LogP contribution < -0.4 is 27.4 Å². The molecule has 16 heteroatoms. The van der Waals surface area contributed by atoms with E-state index in [9.17, 15) is 33.9 Å². The van der Waals surface area contributed by atoms with Gasteiger partial charge in [-0.3, -0.25) is 24.0 Å². The van der Waals surface area contributed by atoms with Crippen LogP contribution in [0.2, 0.25) is 0 Å². The Balaban J connectivity index is 2.26. The molecule has 0 radical (unpaired) electrons. The molecule has 1 aliphatic rings. The molecule has 1 aliphatic heterocycles. The number of rotatable bonds is 19. The predicted octanol–water partition coefficient (Wildman–Crippen LogP) is -1.15. The summed E-state index contributed by atoms with van der Waals surface area (Å²) in [6.07, 6.45) is 5.00. The molecule has 0 unspecified atom stereocenters. The van der Waals surface area contributed by atoms with Gasteiger partial charge in [-0.2, -0.15) is 0 Å². The molecule has 44 heavy (non-hydrogen) atoms. The van der Waals surface area contributed by atoms with Crippen LogP contribution in [0.3, 0.4) is 0 Å². The third-order valence-corrected chi connectivity index (χ3v) is 7.79. The van der Waals surface area contributed by atoms with E-state index in [4.69, 9.17) is 16.6 Å². The first kappa shape index (κ1) is 36.1. The van der Waals surface area contributed by atoms with Gasteiger partial charge in [0, 0.05) is 31.3 Å². The highest BCUT2D eigenvalue weighted by atomic mass is 16.4.